The molecule has 96 valence electrons. The monoisotopic (exact) mass is 302 g/mol. The molecule has 0 amide bonds. The van der Waals surface area contributed by atoms with Gasteiger partial charge in [-0.3, -0.25) is 4.79 Å². The first-order valence-corrected chi connectivity index (χ1v) is 6.45. The Morgan fingerprint density at radius 2 is 2.12 bits per heavy atom. The Morgan fingerprint density at radius 3 is 2.59 bits per heavy atom. The second-order valence-corrected chi connectivity index (χ2v) is 5.73. The van der Waals surface area contributed by atoms with Crippen LogP contribution in [0.1, 0.15) is 43.6 Å². The fourth-order valence-electron chi connectivity index (χ4n) is 1.71. The first-order valence-electron chi connectivity index (χ1n) is 5.66. The maximum atomic E-state index is 12.0. The van der Waals surface area contributed by atoms with Gasteiger partial charge in [-0.1, -0.05) is 19.1 Å². The summed E-state index contributed by atoms with van der Waals surface area (Å²) in [4.78, 5) is 12.0. The quantitative estimate of drug-likeness (QED) is 0.815. The van der Waals surface area contributed by atoms with E-state index in [9.17, 15) is 4.79 Å². The van der Waals surface area contributed by atoms with Crippen LogP contribution in [0, 0.1) is 5.41 Å². The predicted octanol–water partition coefficient (Wildman–Crippen LogP) is 1.92. The summed E-state index contributed by atoms with van der Waals surface area (Å²) in [7, 11) is 1.72. The molecule has 0 saturated heterocycles. The molecular formula is C11H19BrN4O. The molecule has 1 heterocycles. The van der Waals surface area contributed by atoms with Crippen molar-refractivity contribution in [2.45, 2.75) is 33.1 Å². The van der Waals surface area contributed by atoms with E-state index >= 15 is 0 Å². The van der Waals surface area contributed by atoms with Gasteiger partial charge in [0.2, 0.25) is 0 Å². The van der Waals surface area contributed by atoms with Crippen LogP contribution in [-0.4, -0.2) is 27.3 Å². The maximum Gasteiger partial charge on any atom is 0.183 e. The van der Waals surface area contributed by atoms with E-state index in [2.05, 4.69) is 40.1 Å². The number of hydrogen-bond donors (Lipinski definition) is 1. The first kappa shape index (κ1) is 14.3. The highest BCUT2D eigenvalue weighted by atomic mass is 79.9. The molecular weight excluding hydrogens is 284 g/mol. The van der Waals surface area contributed by atoms with E-state index in [1.54, 1.807) is 7.05 Å². The zero-order chi connectivity index (χ0) is 13.1. The number of aromatic nitrogens is 3. The molecule has 0 bridgehead atoms. The molecule has 0 spiro atoms. The lowest BCUT2D eigenvalue weighted by molar-refractivity contribution is 0.0951. The number of rotatable bonds is 6. The van der Waals surface area contributed by atoms with Crippen molar-refractivity contribution in [2.75, 3.05) is 6.54 Å². The van der Waals surface area contributed by atoms with Crippen LogP contribution in [0.2, 0.25) is 0 Å². The van der Waals surface area contributed by atoms with E-state index in [4.69, 9.17) is 5.73 Å². The van der Waals surface area contributed by atoms with Crippen LogP contribution < -0.4 is 5.73 Å². The third kappa shape index (κ3) is 3.89. The molecule has 5 nitrogen and oxygen atoms in total. The number of ketones is 1. The predicted molar refractivity (Wildman–Crippen MR) is 69.7 cm³/mol. The summed E-state index contributed by atoms with van der Waals surface area (Å²) in [6.45, 7) is 4.91. The molecule has 17 heavy (non-hydrogen) atoms. The average molecular weight is 303 g/mol. The van der Waals surface area contributed by atoms with Crippen LogP contribution in [0.4, 0.5) is 0 Å². The molecule has 0 aliphatic heterocycles. The van der Waals surface area contributed by atoms with Gasteiger partial charge in [0.25, 0.3) is 0 Å². The summed E-state index contributed by atoms with van der Waals surface area (Å²) in [6, 6.07) is 0. The number of carbonyl (C=O) groups excluding carboxylic acids is 1. The van der Waals surface area contributed by atoms with Crippen molar-refractivity contribution in [3.05, 3.63) is 10.3 Å². The van der Waals surface area contributed by atoms with Crippen LogP contribution in [-0.2, 0) is 7.05 Å². The fraction of sp³-hybridized carbons (Fsp3) is 0.727. The zero-order valence-electron chi connectivity index (χ0n) is 10.5. The zero-order valence-corrected chi connectivity index (χ0v) is 12.1. The second kappa shape index (κ2) is 5.73. The molecule has 0 aliphatic carbocycles. The van der Waals surface area contributed by atoms with Crippen LogP contribution in [0.5, 0.6) is 0 Å². The molecule has 0 unspecified atom stereocenters. The fourth-order valence-corrected chi connectivity index (χ4v) is 2.26. The van der Waals surface area contributed by atoms with Gasteiger partial charge in [0.1, 0.15) is 5.69 Å². The topological polar surface area (TPSA) is 73.8 Å². The Kier molecular flexibility index (Phi) is 4.82. The Morgan fingerprint density at radius 1 is 1.47 bits per heavy atom. The van der Waals surface area contributed by atoms with Crippen molar-refractivity contribution in [1.29, 1.82) is 0 Å². The van der Waals surface area contributed by atoms with Crippen molar-refractivity contribution in [1.82, 2.24) is 15.0 Å². The lowest BCUT2D eigenvalue weighted by Gasteiger charge is -2.23. The molecule has 2 N–H and O–H groups in total. The van der Waals surface area contributed by atoms with Crippen molar-refractivity contribution < 1.29 is 4.79 Å². The maximum absolute atomic E-state index is 12.0. The van der Waals surface area contributed by atoms with Crippen LogP contribution >= 0.6 is 15.9 Å². The molecule has 0 aliphatic rings. The summed E-state index contributed by atoms with van der Waals surface area (Å²) < 4.78 is 2.02. The van der Waals surface area contributed by atoms with Gasteiger partial charge in [-0.25, -0.2) is 4.68 Å². The SMILES string of the molecule is Cn1nnc(Br)c1C(=O)CCC(C)(C)CCN. The van der Waals surface area contributed by atoms with E-state index < -0.39 is 0 Å². The summed E-state index contributed by atoms with van der Waals surface area (Å²) >= 11 is 3.23. The smallest absolute Gasteiger partial charge is 0.183 e. The van der Waals surface area contributed by atoms with E-state index in [0.717, 1.165) is 12.8 Å². The standard InChI is InChI=1S/C11H19BrN4O/c1-11(2,6-7-13)5-4-8(17)9-10(12)14-15-16(9)3/h4-7,13H2,1-3H3. The Bertz CT molecular complexity index is 381. The molecule has 6 heteroatoms. The van der Waals surface area contributed by atoms with E-state index in [1.807, 2.05) is 0 Å². The van der Waals surface area contributed by atoms with Gasteiger partial charge in [0.05, 0.1) is 0 Å². The Hall–Kier alpha value is -0.750. The number of carbonyl (C=O) groups is 1. The summed E-state index contributed by atoms with van der Waals surface area (Å²) in [5.41, 5.74) is 6.18. The normalized spacial score (nSPS) is 11.8. The Labute approximate surface area is 110 Å². The summed E-state index contributed by atoms with van der Waals surface area (Å²) in [5.74, 6) is 0.0643. The van der Waals surface area contributed by atoms with Gasteiger partial charge in [-0.05, 0) is 40.7 Å². The van der Waals surface area contributed by atoms with Crippen LogP contribution in [0.25, 0.3) is 0 Å². The van der Waals surface area contributed by atoms with Gasteiger partial charge < -0.3 is 5.73 Å². The van der Waals surface area contributed by atoms with E-state index in [1.165, 1.54) is 4.68 Å². The number of nitrogens with two attached hydrogens (primary N) is 1. The minimum absolute atomic E-state index is 0.0643. The number of Topliss-reactive ketones (excluding diaryl/α,β-unsaturated/α-hetero) is 1. The van der Waals surface area contributed by atoms with Crippen LogP contribution in [0.3, 0.4) is 0 Å². The van der Waals surface area contributed by atoms with Crippen molar-refractivity contribution in [2.24, 2.45) is 18.2 Å². The van der Waals surface area contributed by atoms with Gasteiger partial charge in [0, 0.05) is 13.5 Å². The highest BCUT2D eigenvalue weighted by Crippen LogP contribution is 2.27. The van der Waals surface area contributed by atoms with Crippen LogP contribution in [0.15, 0.2) is 4.60 Å². The van der Waals surface area contributed by atoms with Gasteiger partial charge in [-0.2, -0.15) is 0 Å². The molecule has 0 radical (unpaired) electrons. The highest BCUT2D eigenvalue weighted by Gasteiger charge is 2.22. The minimum atomic E-state index is 0.0643. The van der Waals surface area contributed by atoms with Gasteiger partial charge >= 0.3 is 0 Å². The summed E-state index contributed by atoms with van der Waals surface area (Å²) in [6.07, 6.45) is 2.23. The third-order valence-corrected chi connectivity index (χ3v) is 3.43. The lowest BCUT2D eigenvalue weighted by Crippen LogP contribution is -2.19. The molecule has 1 rings (SSSR count). The summed E-state index contributed by atoms with van der Waals surface area (Å²) in [5, 5.41) is 7.60. The van der Waals surface area contributed by atoms with Crippen molar-refractivity contribution >= 4 is 21.7 Å². The molecule has 0 atom stereocenters. The largest absolute Gasteiger partial charge is 0.330 e. The molecule has 0 saturated carbocycles. The van der Waals surface area contributed by atoms with Gasteiger partial charge in [-0.15, -0.1) is 5.10 Å². The molecule has 1 aromatic heterocycles. The number of halogens is 1. The molecule has 1 aromatic rings. The molecule has 0 fully saturated rings. The van der Waals surface area contributed by atoms with E-state index in [-0.39, 0.29) is 11.2 Å². The highest BCUT2D eigenvalue weighted by molar-refractivity contribution is 9.10. The first-order chi connectivity index (χ1) is 7.87. The van der Waals surface area contributed by atoms with Crippen molar-refractivity contribution in [3.63, 3.8) is 0 Å². The van der Waals surface area contributed by atoms with E-state index in [0.29, 0.717) is 23.3 Å². The minimum Gasteiger partial charge on any atom is -0.330 e. The third-order valence-electron chi connectivity index (χ3n) is 2.90. The number of hydrogen-bond acceptors (Lipinski definition) is 4. The average Bonchev–Trinajstić information content (AvgIpc) is 2.55. The second-order valence-electron chi connectivity index (χ2n) is 4.98. The number of aryl methyl sites for hydroxylation is 1. The molecule has 0 aromatic carbocycles. The lowest BCUT2D eigenvalue weighted by atomic mass is 9.83. The number of nitrogens with zero attached hydrogens (tertiary/aromatic N) is 3. The van der Waals surface area contributed by atoms with Gasteiger partial charge in [0.15, 0.2) is 10.4 Å². The Balaban J connectivity index is 2.62. The van der Waals surface area contributed by atoms with Crippen molar-refractivity contribution in [3.8, 4) is 0 Å².